The molecular formula is C16H27NO2. The van der Waals surface area contributed by atoms with E-state index in [4.69, 9.17) is 4.74 Å². The second kappa shape index (κ2) is 7.63. The van der Waals surface area contributed by atoms with Gasteiger partial charge in [0, 0.05) is 25.1 Å². The first-order valence-corrected chi connectivity index (χ1v) is 6.96. The second-order valence-corrected chi connectivity index (χ2v) is 5.45. The maximum Gasteiger partial charge on any atom is 0.0615 e. The second-order valence-electron chi connectivity index (χ2n) is 5.45. The van der Waals surface area contributed by atoms with Gasteiger partial charge in [-0.15, -0.1) is 0 Å². The third-order valence-electron chi connectivity index (χ3n) is 3.81. The first-order chi connectivity index (χ1) is 9.07. The Morgan fingerprint density at radius 3 is 2.42 bits per heavy atom. The Bertz CT molecular complexity index is 355. The molecular weight excluding hydrogens is 238 g/mol. The van der Waals surface area contributed by atoms with Gasteiger partial charge in [0.2, 0.25) is 0 Å². The summed E-state index contributed by atoms with van der Waals surface area (Å²) in [5.74, 6) is 0. The van der Waals surface area contributed by atoms with Crippen LogP contribution in [0.3, 0.4) is 0 Å². The highest BCUT2D eigenvalue weighted by Crippen LogP contribution is 2.25. The molecule has 3 heteroatoms. The molecule has 2 unspecified atom stereocenters. The SMILES string of the molecule is CCN(CC(C)(CO)c1ccccc1)C(C)COC. The number of aliphatic hydroxyl groups excluding tert-OH is 1. The minimum absolute atomic E-state index is 0.146. The van der Waals surface area contributed by atoms with E-state index in [2.05, 4.69) is 37.8 Å². The molecule has 1 rings (SSSR count). The van der Waals surface area contributed by atoms with Crippen molar-refractivity contribution < 1.29 is 9.84 Å². The summed E-state index contributed by atoms with van der Waals surface area (Å²) in [5.41, 5.74) is 0.944. The van der Waals surface area contributed by atoms with Gasteiger partial charge in [0.05, 0.1) is 13.2 Å². The molecule has 0 aromatic heterocycles. The summed E-state index contributed by atoms with van der Waals surface area (Å²) in [7, 11) is 1.73. The van der Waals surface area contributed by atoms with Crippen molar-refractivity contribution in [1.29, 1.82) is 0 Å². The van der Waals surface area contributed by atoms with Crippen molar-refractivity contribution >= 4 is 0 Å². The monoisotopic (exact) mass is 265 g/mol. The molecule has 2 atom stereocenters. The van der Waals surface area contributed by atoms with Crippen LogP contribution in [0.2, 0.25) is 0 Å². The van der Waals surface area contributed by atoms with Gasteiger partial charge < -0.3 is 9.84 Å². The summed E-state index contributed by atoms with van der Waals surface area (Å²) in [6, 6.07) is 10.6. The minimum Gasteiger partial charge on any atom is -0.395 e. The highest BCUT2D eigenvalue weighted by molar-refractivity contribution is 5.25. The van der Waals surface area contributed by atoms with E-state index >= 15 is 0 Å². The van der Waals surface area contributed by atoms with Crippen LogP contribution < -0.4 is 0 Å². The molecule has 0 saturated heterocycles. The molecule has 1 aromatic rings. The Hall–Kier alpha value is -0.900. The molecule has 3 nitrogen and oxygen atoms in total. The lowest BCUT2D eigenvalue weighted by Crippen LogP contribution is -2.46. The fourth-order valence-electron chi connectivity index (χ4n) is 2.45. The third-order valence-corrected chi connectivity index (χ3v) is 3.81. The molecule has 0 aliphatic rings. The van der Waals surface area contributed by atoms with E-state index in [1.165, 1.54) is 5.56 Å². The fraction of sp³-hybridized carbons (Fsp3) is 0.625. The lowest BCUT2D eigenvalue weighted by molar-refractivity contribution is 0.0728. The third kappa shape index (κ3) is 4.30. The zero-order chi connectivity index (χ0) is 14.3. The predicted octanol–water partition coefficient (Wildman–Crippen LogP) is 2.29. The van der Waals surface area contributed by atoms with Crippen LogP contribution in [0, 0.1) is 0 Å². The summed E-state index contributed by atoms with van der Waals surface area (Å²) in [6.45, 7) is 9.06. The van der Waals surface area contributed by atoms with Crippen molar-refractivity contribution in [2.45, 2.75) is 32.2 Å². The Morgan fingerprint density at radius 1 is 1.32 bits per heavy atom. The van der Waals surface area contributed by atoms with Crippen LogP contribution in [0.5, 0.6) is 0 Å². The van der Waals surface area contributed by atoms with Crippen LogP contribution in [-0.4, -0.2) is 49.5 Å². The number of hydrogen-bond donors (Lipinski definition) is 1. The van der Waals surface area contributed by atoms with E-state index in [9.17, 15) is 5.11 Å². The average Bonchev–Trinajstić information content (AvgIpc) is 2.45. The van der Waals surface area contributed by atoms with Gasteiger partial charge in [-0.05, 0) is 19.0 Å². The van der Waals surface area contributed by atoms with Gasteiger partial charge in [0.25, 0.3) is 0 Å². The van der Waals surface area contributed by atoms with Crippen LogP contribution in [0.1, 0.15) is 26.3 Å². The summed E-state index contributed by atoms with van der Waals surface area (Å²) >= 11 is 0. The van der Waals surface area contributed by atoms with Gasteiger partial charge in [0.1, 0.15) is 0 Å². The zero-order valence-electron chi connectivity index (χ0n) is 12.6. The van der Waals surface area contributed by atoms with Crippen molar-refractivity contribution in [3.63, 3.8) is 0 Å². The maximum atomic E-state index is 9.84. The van der Waals surface area contributed by atoms with Crippen LogP contribution in [-0.2, 0) is 10.2 Å². The van der Waals surface area contributed by atoms with E-state index in [0.29, 0.717) is 12.6 Å². The molecule has 0 bridgehead atoms. The number of benzene rings is 1. The number of ether oxygens (including phenoxy) is 1. The first kappa shape index (κ1) is 16.2. The average molecular weight is 265 g/mol. The Balaban J connectivity index is 2.85. The molecule has 0 radical (unpaired) electrons. The maximum absolute atomic E-state index is 9.84. The van der Waals surface area contributed by atoms with Crippen LogP contribution in [0.25, 0.3) is 0 Å². The van der Waals surface area contributed by atoms with E-state index in [1.54, 1.807) is 7.11 Å². The van der Waals surface area contributed by atoms with E-state index in [0.717, 1.165) is 13.1 Å². The summed E-state index contributed by atoms with van der Waals surface area (Å²) in [5, 5.41) is 9.84. The van der Waals surface area contributed by atoms with Crippen molar-refractivity contribution in [1.82, 2.24) is 4.90 Å². The Morgan fingerprint density at radius 2 is 1.95 bits per heavy atom. The number of rotatable bonds is 8. The van der Waals surface area contributed by atoms with Gasteiger partial charge in [-0.1, -0.05) is 44.2 Å². The summed E-state index contributed by atoms with van der Waals surface area (Å²) in [6.07, 6.45) is 0. The Labute approximate surface area is 117 Å². The number of likely N-dealkylation sites (N-methyl/N-ethyl adjacent to an activating group) is 1. The lowest BCUT2D eigenvalue weighted by atomic mass is 9.82. The van der Waals surface area contributed by atoms with Crippen molar-refractivity contribution in [3.05, 3.63) is 35.9 Å². The zero-order valence-corrected chi connectivity index (χ0v) is 12.6. The largest absolute Gasteiger partial charge is 0.395 e. The van der Waals surface area contributed by atoms with Gasteiger partial charge in [0.15, 0.2) is 0 Å². The normalized spacial score (nSPS) is 16.3. The predicted molar refractivity (Wildman–Crippen MR) is 79.5 cm³/mol. The number of aliphatic hydroxyl groups is 1. The summed E-state index contributed by atoms with van der Waals surface area (Å²) in [4.78, 5) is 2.35. The molecule has 0 heterocycles. The van der Waals surface area contributed by atoms with Crippen molar-refractivity contribution in [2.75, 3.05) is 33.4 Å². The minimum atomic E-state index is -0.237. The highest BCUT2D eigenvalue weighted by Gasteiger charge is 2.29. The number of hydrogen-bond acceptors (Lipinski definition) is 3. The summed E-state index contributed by atoms with van der Waals surface area (Å²) < 4.78 is 5.24. The molecule has 0 amide bonds. The smallest absolute Gasteiger partial charge is 0.0615 e. The quantitative estimate of drug-likeness (QED) is 0.783. The molecule has 0 aliphatic carbocycles. The van der Waals surface area contributed by atoms with Crippen molar-refractivity contribution in [3.8, 4) is 0 Å². The number of methoxy groups -OCH3 is 1. The molecule has 0 fully saturated rings. The standard InChI is InChI=1S/C16H27NO2/c1-5-17(14(2)11-19-4)12-16(3,13-18)15-9-7-6-8-10-15/h6-10,14,18H,5,11-13H2,1-4H3. The topological polar surface area (TPSA) is 32.7 Å². The molecule has 0 saturated carbocycles. The van der Waals surface area contributed by atoms with Crippen molar-refractivity contribution in [2.24, 2.45) is 0 Å². The van der Waals surface area contributed by atoms with Crippen LogP contribution in [0.15, 0.2) is 30.3 Å². The number of nitrogens with zero attached hydrogens (tertiary/aromatic N) is 1. The molecule has 1 N–H and O–H groups in total. The van der Waals surface area contributed by atoms with E-state index in [-0.39, 0.29) is 12.0 Å². The first-order valence-electron chi connectivity index (χ1n) is 6.96. The lowest BCUT2D eigenvalue weighted by Gasteiger charge is -2.37. The Kier molecular flexibility index (Phi) is 6.49. The van der Waals surface area contributed by atoms with E-state index in [1.807, 2.05) is 18.2 Å². The van der Waals surface area contributed by atoms with Gasteiger partial charge in [-0.3, -0.25) is 4.90 Å². The van der Waals surface area contributed by atoms with Gasteiger partial charge in [-0.25, -0.2) is 0 Å². The highest BCUT2D eigenvalue weighted by atomic mass is 16.5. The fourth-order valence-corrected chi connectivity index (χ4v) is 2.45. The molecule has 19 heavy (non-hydrogen) atoms. The molecule has 0 aliphatic heterocycles. The van der Waals surface area contributed by atoms with Crippen LogP contribution >= 0.6 is 0 Å². The van der Waals surface area contributed by atoms with Gasteiger partial charge >= 0.3 is 0 Å². The molecule has 1 aromatic carbocycles. The van der Waals surface area contributed by atoms with E-state index < -0.39 is 0 Å². The van der Waals surface area contributed by atoms with Crippen LogP contribution in [0.4, 0.5) is 0 Å². The van der Waals surface area contributed by atoms with Gasteiger partial charge in [-0.2, -0.15) is 0 Å². The molecule has 0 spiro atoms. The molecule has 108 valence electrons.